The van der Waals surface area contributed by atoms with Gasteiger partial charge in [-0.2, -0.15) is 4.89 Å². The van der Waals surface area contributed by atoms with Crippen LogP contribution in [0.1, 0.15) is 0 Å². The average molecular weight is 372 g/mol. The predicted molar refractivity (Wildman–Crippen MR) is 110 cm³/mol. The first-order valence-electron chi connectivity index (χ1n) is 8.74. The molecule has 0 saturated carbocycles. The molecule has 0 amide bonds. The van der Waals surface area contributed by atoms with Gasteiger partial charge in [0.15, 0.2) is 24.6 Å². The van der Waals surface area contributed by atoms with Gasteiger partial charge < -0.3 is 14.2 Å². The zero-order chi connectivity index (χ0) is 19.7. The van der Waals surface area contributed by atoms with Crippen LogP contribution < -0.4 is 10.3 Å². The number of hydrogen-bond donors (Lipinski definition) is 0. The lowest BCUT2D eigenvalue weighted by Crippen LogP contribution is -2.22. The summed E-state index contributed by atoms with van der Waals surface area (Å²) in [6, 6.07) is 14.6. The van der Waals surface area contributed by atoms with E-state index in [4.69, 9.17) is 27.0 Å². The van der Waals surface area contributed by atoms with Gasteiger partial charge in [-0.1, -0.05) is 30.8 Å². The molecule has 138 valence electrons. The van der Waals surface area contributed by atoms with Crippen molar-refractivity contribution in [2.45, 2.75) is 0 Å². The molecule has 2 aromatic carbocycles. The van der Waals surface area contributed by atoms with Gasteiger partial charge in [0.25, 0.3) is 0 Å². The normalized spacial score (nSPS) is 11.2. The summed E-state index contributed by atoms with van der Waals surface area (Å²) in [5, 5.41) is 1.42. The van der Waals surface area contributed by atoms with Crippen molar-refractivity contribution in [3.8, 4) is 11.5 Å². The summed E-state index contributed by atoms with van der Waals surface area (Å²) in [6.07, 6.45) is 0. The zero-order valence-electron chi connectivity index (χ0n) is 15.3. The van der Waals surface area contributed by atoms with Gasteiger partial charge in [-0.05, 0) is 12.1 Å². The van der Waals surface area contributed by atoms with Crippen LogP contribution in [-0.4, -0.2) is 33.0 Å². The van der Waals surface area contributed by atoms with Crippen LogP contribution >= 0.6 is 0 Å². The van der Waals surface area contributed by atoms with E-state index in [1.807, 2.05) is 48.3 Å². The fourth-order valence-electron chi connectivity index (χ4n) is 3.07. The molecule has 2 aliphatic rings. The van der Waals surface area contributed by atoms with Crippen molar-refractivity contribution in [3.05, 3.63) is 71.0 Å². The van der Waals surface area contributed by atoms with E-state index in [1.165, 1.54) is 6.07 Å². The van der Waals surface area contributed by atoms with Gasteiger partial charge in [-0.15, -0.1) is 0 Å². The van der Waals surface area contributed by atoms with Crippen molar-refractivity contribution >= 4 is 35.4 Å². The molecular weight excluding hydrogens is 355 g/mol. The second-order valence-electron chi connectivity index (χ2n) is 6.43. The molecule has 0 bridgehead atoms. The quantitative estimate of drug-likeness (QED) is 0.0982. The summed E-state index contributed by atoms with van der Waals surface area (Å²) in [4.78, 5) is 28.7. The Hall–Kier alpha value is -3.32. The lowest BCUT2D eigenvalue weighted by Gasteiger charge is -2.19. The van der Waals surface area contributed by atoms with E-state index in [-0.39, 0.29) is 11.1 Å². The molecule has 7 heteroatoms. The molecule has 4 rings (SSSR count). The first-order valence-corrected chi connectivity index (χ1v) is 8.74. The first kappa shape index (κ1) is 18.1. The number of rotatable bonds is 6. The minimum atomic E-state index is -0.0834. The number of hydrogen-bond acceptors (Lipinski definition) is 6. The van der Waals surface area contributed by atoms with Gasteiger partial charge in [-0.3, -0.25) is 4.79 Å². The summed E-state index contributed by atoms with van der Waals surface area (Å²) in [6.45, 7) is 4.26. The molecule has 2 aromatic rings. The lowest BCUT2D eigenvalue weighted by molar-refractivity contribution is -0.251. The Labute approximate surface area is 162 Å². The Morgan fingerprint density at radius 2 is 2.00 bits per heavy atom. The third-order valence-electron chi connectivity index (χ3n) is 4.46. The smallest absolute Gasteiger partial charge is 0.190 e. The third-order valence-corrected chi connectivity index (χ3v) is 4.46. The van der Waals surface area contributed by atoms with Gasteiger partial charge in [-0.25, -0.2) is 4.98 Å². The Morgan fingerprint density at radius 1 is 1.21 bits per heavy atom. The molecule has 0 unspecified atom stereocenters. The average Bonchev–Trinajstić information content (AvgIpc) is 2.69. The maximum Gasteiger partial charge on any atom is 0.190 e. The van der Waals surface area contributed by atoms with Crippen molar-refractivity contribution in [2.75, 3.05) is 25.1 Å². The maximum atomic E-state index is 12.4. The topological polar surface area (TPSA) is 64.8 Å². The van der Waals surface area contributed by atoms with Crippen LogP contribution in [0.15, 0.2) is 70.0 Å². The summed E-state index contributed by atoms with van der Waals surface area (Å²) in [5.41, 5.74) is 2.83. The van der Waals surface area contributed by atoms with E-state index < -0.39 is 0 Å². The third kappa shape index (κ3) is 3.44. The predicted octanol–water partition coefficient (Wildman–Crippen LogP) is 3.47. The number of likely N-dealkylation sites (N-methyl/N-ethyl adjacent to an activating group) is 1. The fraction of sp³-hybridized carbons (Fsp3) is 0.143. The van der Waals surface area contributed by atoms with Crippen LogP contribution in [0.25, 0.3) is 33.3 Å². The highest BCUT2D eigenvalue weighted by Crippen LogP contribution is 2.31. The van der Waals surface area contributed by atoms with E-state index >= 15 is 0 Å². The minimum absolute atomic E-state index is 0.00961. The fourth-order valence-corrected chi connectivity index (χ4v) is 3.07. The van der Waals surface area contributed by atoms with Crippen LogP contribution in [-0.2, 0) is 9.78 Å². The molecule has 2 radical (unpaired) electrons. The van der Waals surface area contributed by atoms with Crippen LogP contribution in [0.3, 0.4) is 0 Å². The second kappa shape index (κ2) is 7.36. The van der Waals surface area contributed by atoms with E-state index in [0.29, 0.717) is 41.1 Å². The van der Waals surface area contributed by atoms with Gasteiger partial charge in [0.05, 0.1) is 5.66 Å². The monoisotopic (exact) mass is 372 g/mol. The molecule has 0 atom stereocenters. The molecule has 0 fully saturated rings. The molecule has 0 N–H and O–H groups in total. The zero-order valence-corrected chi connectivity index (χ0v) is 15.3. The van der Waals surface area contributed by atoms with E-state index in [2.05, 4.69) is 6.58 Å². The number of nitrogens with zero attached hydrogens (tertiary/aromatic N) is 2. The molecule has 28 heavy (non-hydrogen) atoms. The summed E-state index contributed by atoms with van der Waals surface area (Å²) < 4.78 is 6.01. The second-order valence-corrected chi connectivity index (χ2v) is 6.43. The van der Waals surface area contributed by atoms with E-state index in [1.54, 1.807) is 6.07 Å². The molecule has 6 nitrogen and oxygen atoms in total. The lowest BCUT2D eigenvalue weighted by atomic mass is 10.0. The maximum absolute atomic E-state index is 12.4. The minimum Gasteiger partial charge on any atom is -0.453 e. The van der Waals surface area contributed by atoms with E-state index in [9.17, 15) is 4.79 Å². The van der Waals surface area contributed by atoms with E-state index in [0.717, 1.165) is 11.1 Å². The first-order chi connectivity index (χ1) is 13.5. The van der Waals surface area contributed by atoms with Gasteiger partial charge in [0.1, 0.15) is 17.8 Å². The molecule has 1 heterocycles. The van der Waals surface area contributed by atoms with Crippen LogP contribution in [0, 0.1) is 0 Å². The number of fused-ring (bicyclic) bond motifs is 4. The molecular formula is C21H17BN2O4. The molecule has 0 spiro atoms. The van der Waals surface area contributed by atoms with Gasteiger partial charge >= 0.3 is 0 Å². The van der Waals surface area contributed by atoms with Crippen LogP contribution in [0.4, 0.5) is 5.69 Å². The Kier molecular flexibility index (Phi) is 4.75. The standard InChI is InChI=1S/C21H17BN2O4/c1-13(22)28-26-10-9-24(2)14-7-8-17-19(11-14)27-20-12-18(25)15-5-3-4-6-16(15)21(20)23-17/h3-8,11-12H,1,9-10H2,2H3. The number of benzene rings is 3. The molecule has 0 aromatic heterocycles. The summed E-state index contributed by atoms with van der Waals surface area (Å²) in [7, 11) is 7.19. The number of anilines is 1. The highest BCUT2D eigenvalue weighted by Gasteiger charge is 2.15. The van der Waals surface area contributed by atoms with Gasteiger partial charge in [0, 0.05) is 42.2 Å². The summed E-state index contributed by atoms with van der Waals surface area (Å²) in [5.74, 6) is 0.467. The molecule has 1 aliphatic heterocycles. The highest BCUT2D eigenvalue weighted by atomic mass is 17.2. The Bertz CT molecular complexity index is 1200. The highest BCUT2D eigenvalue weighted by molar-refractivity contribution is 6.19. The van der Waals surface area contributed by atoms with Crippen molar-refractivity contribution in [1.29, 1.82) is 0 Å². The van der Waals surface area contributed by atoms with Crippen molar-refractivity contribution in [3.63, 3.8) is 0 Å². The van der Waals surface area contributed by atoms with Gasteiger partial charge in [0.2, 0.25) is 0 Å². The van der Waals surface area contributed by atoms with Crippen molar-refractivity contribution < 1.29 is 14.2 Å². The molecule has 1 aliphatic carbocycles. The van der Waals surface area contributed by atoms with Crippen molar-refractivity contribution in [2.24, 2.45) is 0 Å². The Balaban J connectivity index is 1.69. The Morgan fingerprint density at radius 3 is 2.79 bits per heavy atom. The van der Waals surface area contributed by atoms with Crippen molar-refractivity contribution in [1.82, 2.24) is 4.98 Å². The number of aromatic nitrogens is 1. The molecule has 0 saturated heterocycles. The van der Waals surface area contributed by atoms with Crippen LogP contribution in [0.2, 0.25) is 0 Å². The summed E-state index contributed by atoms with van der Waals surface area (Å²) >= 11 is 0. The largest absolute Gasteiger partial charge is 0.453 e. The van der Waals surface area contributed by atoms with Crippen LogP contribution in [0.5, 0.6) is 0 Å². The SMILES string of the molecule is [B]C(=C)OOCCN(C)c1ccc2nc3c4ccccc4c(=O)cc-3oc2c1.